The highest BCUT2D eigenvalue weighted by Crippen LogP contribution is 2.22. The number of nitrogens with zero attached hydrogens (tertiary/aromatic N) is 2. The van der Waals surface area contributed by atoms with Gasteiger partial charge >= 0.3 is 0 Å². The van der Waals surface area contributed by atoms with Gasteiger partial charge in [-0.15, -0.1) is 5.10 Å². The van der Waals surface area contributed by atoms with E-state index in [9.17, 15) is 4.79 Å². The first-order chi connectivity index (χ1) is 8.58. The molecular formula is C10H7BrN4OS2. The van der Waals surface area contributed by atoms with Crippen LogP contribution in [0.5, 0.6) is 0 Å². The number of benzene rings is 1. The maximum Gasteiger partial charge on any atom is 0.277 e. The molecule has 1 amide bonds. The second-order valence-electron chi connectivity index (χ2n) is 3.30. The fraction of sp³-hybridized carbons (Fsp3) is 0. The number of amides is 1. The quantitative estimate of drug-likeness (QED) is 0.835. The molecule has 5 nitrogen and oxygen atoms in total. The van der Waals surface area contributed by atoms with Crippen LogP contribution in [0.4, 0.5) is 5.69 Å². The number of nitrogens with one attached hydrogen (secondary N) is 1. The summed E-state index contributed by atoms with van der Waals surface area (Å²) in [5, 5.41) is 7.96. The predicted molar refractivity (Wildman–Crippen MR) is 77.9 cm³/mol. The van der Waals surface area contributed by atoms with Gasteiger partial charge in [0.15, 0.2) is 5.69 Å². The van der Waals surface area contributed by atoms with Crippen molar-refractivity contribution in [2.45, 2.75) is 0 Å². The minimum Gasteiger partial charge on any atom is -0.389 e. The molecule has 92 valence electrons. The molecule has 2 aromatic rings. The maximum absolute atomic E-state index is 11.9. The summed E-state index contributed by atoms with van der Waals surface area (Å²) in [4.78, 5) is 12.1. The molecule has 0 atom stereocenters. The summed E-state index contributed by atoms with van der Waals surface area (Å²) >= 11 is 9.36. The van der Waals surface area contributed by atoms with Crippen LogP contribution in [-0.2, 0) is 0 Å². The van der Waals surface area contributed by atoms with Crippen molar-refractivity contribution >= 4 is 56.3 Å². The normalized spacial score (nSPS) is 10.1. The molecular weight excluding hydrogens is 336 g/mol. The molecule has 0 radical (unpaired) electrons. The molecule has 0 spiro atoms. The van der Waals surface area contributed by atoms with Crippen molar-refractivity contribution in [2.24, 2.45) is 5.73 Å². The Morgan fingerprint density at radius 2 is 2.28 bits per heavy atom. The van der Waals surface area contributed by atoms with E-state index in [4.69, 9.17) is 18.0 Å². The van der Waals surface area contributed by atoms with Crippen LogP contribution >= 0.6 is 39.7 Å². The van der Waals surface area contributed by atoms with Crippen LogP contribution in [0.25, 0.3) is 0 Å². The lowest BCUT2D eigenvalue weighted by molar-refractivity contribution is 0.102. The number of nitrogens with two attached hydrogens (primary N) is 1. The number of hydrogen-bond acceptors (Lipinski definition) is 5. The van der Waals surface area contributed by atoms with Gasteiger partial charge in [0.05, 0.1) is 5.69 Å². The topological polar surface area (TPSA) is 80.9 Å². The van der Waals surface area contributed by atoms with Gasteiger partial charge in [0, 0.05) is 15.4 Å². The van der Waals surface area contributed by atoms with Gasteiger partial charge < -0.3 is 11.1 Å². The van der Waals surface area contributed by atoms with Crippen molar-refractivity contribution in [1.29, 1.82) is 0 Å². The summed E-state index contributed by atoms with van der Waals surface area (Å²) in [6.45, 7) is 0. The molecule has 1 heterocycles. The van der Waals surface area contributed by atoms with Crippen molar-refractivity contribution in [3.05, 3.63) is 39.3 Å². The Labute approximate surface area is 121 Å². The van der Waals surface area contributed by atoms with Gasteiger partial charge in [-0.1, -0.05) is 32.6 Å². The number of carbonyl (C=O) groups is 1. The second-order valence-corrected chi connectivity index (χ2v) is 5.26. The van der Waals surface area contributed by atoms with E-state index < -0.39 is 0 Å². The van der Waals surface area contributed by atoms with Crippen LogP contribution in [0.15, 0.2) is 28.1 Å². The molecule has 18 heavy (non-hydrogen) atoms. The molecule has 0 fully saturated rings. The molecule has 8 heteroatoms. The van der Waals surface area contributed by atoms with E-state index in [1.807, 2.05) is 0 Å². The third-order valence-electron chi connectivity index (χ3n) is 2.09. The summed E-state index contributed by atoms with van der Waals surface area (Å²) < 4.78 is 4.45. The Hall–Kier alpha value is -1.38. The van der Waals surface area contributed by atoms with Crippen LogP contribution in [0.1, 0.15) is 16.1 Å². The molecule has 3 N–H and O–H groups in total. The Kier molecular flexibility index (Phi) is 4.00. The van der Waals surface area contributed by atoms with E-state index in [-0.39, 0.29) is 16.6 Å². The van der Waals surface area contributed by atoms with Crippen LogP contribution in [0.3, 0.4) is 0 Å². The Morgan fingerprint density at radius 1 is 1.50 bits per heavy atom. The van der Waals surface area contributed by atoms with E-state index in [0.717, 1.165) is 16.0 Å². The number of hydrogen-bond donors (Lipinski definition) is 2. The summed E-state index contributed by atoms with van der Waals surface area (Å²) in [6, 6.07) is 5.27. The number of anilines is 1. The maximum atomic E-state index is 11.9. The summed E-state index contributed by atoms with van der Waals surface area (Å²) in [5.41, 5.74) is 6.99. The van der Waals surface area contributed by atoms with E-state index in [1.54, 1.807) is 23.6 Å². The standard InChI is InChI=1S/C10H7BrN4OS2/c11-5-1-2-6(9(12)17)7(3-5)13-10(16)8-4-18-15-14-8/h1-4H,(H2,12,17)(H,13,16). The summed E-state index contributed by atoms with van der Waals surface area (Å²) in [6.07, 6.45) is 0. The van der Waals surface area contributed by atoms with Gasteiger partial charge in [0.25, 0.3) is 5.91 Å². The van der Waals surface area contributed by atoms with Gasteiger partial charge in [-0.3, -0.25) is 4.79 Å². The highest BCUT2D eigenvalue weighted by molar-refractivity contribution is 9.10. The molecule has 2 rings (SSSR count). The van der Waals surface area contributed by atoms with Crippen molar-refractivity contribution in [2.75, 3.05) is 5.32 Å². The minimum atomic E-state index is -0.348. The van der Waals surface area contributed by atoms with E-state index in [0.29, 0.717) is 11.3 Å². The number of carbonyl (C=O) groups excluding carboxylic acids is 1. The molecule has 0 aliphatic carbocycles. The SMILES string of the molecule is NC(=S)c1ccc(Br)cc1NC(=O)c1csnn1. The lowest BCUT2D eigenvalue weighted by atomic mass is 10.1. The van der Waals surface area contributed by atoms with Gasteiger partial charge in [-0.05, 0) is 29.7 Å². The minimum absolute atomic E-state index is 0.217. The number of aromatic nitrogens is 2. The number of halogens is 1. The van der Waals surface area contributed by atoms with Crippen LogP contribution in [0, 0.1) is 0 Å². The molecule has 0 aliphatic heterocycles. The molecule has 0 saturated heterocycles. The zero-order chi connectivity index (χ0) is 13.1. The zero-order valence-corrected chi connectivity index (χ0v) is 12.1. The smallest absolute Gasteiger partial charge is 0.277 e. The fourth-order valence-electron chi connectivity index (χ4n) is 1.28. The third-order valence-corrected chi connectivity index (χ3v) is 3.31. The van der Waals surface area contributed by atoms with Crippen molar-refractivity contribution in [1.82, 2.24) is 9.59 Å². The Balaban J connectivity index is 2.31. The largest absolute Gasteiger partial charge is 0.389 e. The Bertz CT molecular complexity index is 600. The van der Waals surface area contributed by atoms with E-state index in [2.05, 4.69) is 30.8 Å². The lowest BCUT2D eigenvalue weighted by Crippen LogP contribution is -2.18. The van der Waals surface area contributed by atoms with Gasteiger partial charge in [-0.2, -0.15) is 0 Å². The van der Waals surface area contributed by atoms with Crippen LogP contribution < -0.4 is 11.1 Å². The zero-order valence-electron chi connectivity index (χ0n) is 8.88. The van der Waals surface area contributed by atoms with Crippen molar-refractivity contribution in [3.63, 3.8) is 0 Å². The van der Waals surface area contributed by atoms with E-state index in [1.165, 1.54) is 0 Å². The number of thiocarbonyl (C=S) groups is 1. The molecule has 0 aliphatic rings. The first-order valence-corrected chi connectivity index (χ1v) is 6.79. The molecule has 1 aromatic heterocycles. The predicted octanol–water partition coefficient (Wildman–Crippen LogP) is 2.19. The average molecular weight is 343 g/mol. The average Bonchev–Trinajstić information content (AvgIpc) is 2.81. The summed E-state index contributed by atoms with van der Waals surface area (Å²) in [7, 11) is 0. The molecule has 0 unspecified atom stereocenters. The van der Waals surface area contributed by atoms with Crippen LogP contribution in [-0.4, -0.2) is 20.5 Å². The van der Waals surface area contributed by atoms with E-state index >= 15 is 0 Å². The van der Waals surface area contributed by atoms with Crippen LogP contribution in [0.2, 0.25) is 0 Å². The second kappa shape index (κ2) is 5.51. The Morgan fingerprint density at radius 3 is 2.89 bits per heavy atom. The lowest BCUT2D eigenvalue weighted by Gasteiger charge is -2.09. The molecule has 0 bridgehead atoms. The third kappa shape index (κ3) is 2.89. The van der Waals surface area contributed by atoms with Crippen molar-refractivity contribution < 1.29 is 4.79 Å². The van der Waals surface area contributed by atoms with Gasteiger partial charge in [0.2, 0.25) is 0 Å². The number of rotatable bonds is 3. The highest BCUT2D eigenvalue weighted by atomic mass is 79.9. The first kappa shape index (κ1) is 13.1. The van der Waals surface area contributed by atoms with Gasteiger partial charge in [-0.25, -0.2) is 0 Å². The fourth-order valence-corrected chi connectivity index (χ4v) is 2.26. The monoisotopic (exact) mass is 342 g/mol. The molecule has 0 saturated carbocycles. The highest BCUT2D eigenvalue weighted by Gasteiger charge is 2.13. The molecule has 1 aromatic carbocycles. The van der Waals surface area contributed by atoms with Crippen molar-refractivity contribution in [3.8, 4) is 0 Å². The summed E-state index contributed by atoms with van der Waals surface area (Å²) in [5.74, 6) is -0.348. The van der Waals surface area contributed by atoms with Gasteiger partial charge in [0.1, 0.15) is 4.99 Å². The first-order valence-electron chi connectivity index (χ1n) is 4.75.